The highest BCUT2D eigenvalue weighted by Crippen LogP contribution is 2.28. The zero-order valence-corrected chi connectivity index (χ0v) is 14.2. The van der Waals surface area contributed by atoms with Crippen LogP contribution in [0.1, 0.15) is 16.7 Å². The maximum absolute atomic E-state index is 5.39. The van der Waals surface area contributed by atoms with Crippen LogP contribution >= 0.6 is 11.8 Å². The lowest BCUT2D eigenvalue weighted by Gasteiger charge is -2.09. The van der Waals surface area contributed by atoms with Gasteiger partial charge in [0.25, 0.3) is 0 Å². The molecule has 0 radical (unpaired) electrons. The van der Waals surface area contributed by atoms with Crippen molar-refractivity contribution in [2.45, 2.75) is 24.8 Å². The van der Waals surface area contributed by atoms with Gasteiger partial charge in [0.2, 0.25) is 5.16 Å². The molecule has 0 aliphatic heterocycles. The summed E-state index contributed by atoms with van der Waals surface area (Å²) in [5.74, 6) is 1.63. The number of hydrogen-bond donors (Lipinski definition) is 0. The van der Waals surface area contributed by atoms with E-state index in [9.17, 15) is 0 Å². The first-order chi connectivity index (χ1) is 11.2. The van der Waals surface area contributed by atoms with Crippen molar-refractivity contribution in [3.63, 3.8) is 0 Å². The number of benzene rings is 2. The number of rotatable bonds is 5. The maximum Gasteiger partial charge on any atom is 0.214 e. The number of thioether (sulfide) groups is 1. The first kappa shape index (κ1) is 15.6. The second-order valence-electron chi connectivity index (χ2n) is 5.26. The van der Waals surface area contributed by atoms with E-state index in [1.54, 1.807) is 23.6 Å². The third-order valence-electron chi connectivity index (χ3n) is 3.57. The molecule has 1 heterocycles. The molecule has 0 bridgehead atoms. The van der Waals surface area contributed by atoms with E-state index in [0.29, 0.717) is 0 Å². The van der Waals surface area contributed by atoms with Crippen molar-refractivity contribution in [2.75, 3.05) is 7.11 Å². The molecule has 0 N–H and O–H groups in total. The first-order valence-corrected chi connectivity index (χ1v) is 8.28. The molecule has 0 fully saturated rings. The van der Waals surface area contributed by atoms with Crippen molar-refractivity contribution in [1.29, 1.82) is 0 Å². The first-order valence-electron chi connectivity index (χ1n) is 7.29. The van der Waals surface area contributed by atoms with Gasteiger partial charge in [-0.05, 0) is 42.0 Å². The van der Waals surface area contributed by atoms with Crippen LogP contribution < -0.4 is 4.74 Å². The van der Waals surface area contributed by atoms with Gasteiger partial charge >= 0.3 is 0 Å². The van der Waals surface area contributed by atoms with E-state index in [0.717, 1.165) is 33.5 Å². The Morgan fingerprint density at radius 2 is 1.96 bits per heavy atom. The fraction of sp³-hybridized carbons (Fsp3) is 0.235. The minimum absolute atomic E-state index is 0.745. The van der Waals surface area contributed by atoms with Gasteiger partial charge in [-0.25, -0.2) is 0 Å². The molecule has 0 aliphatic carbocycles. The molecule has 3 aromatic rings. The van der Waals surface area contributed by atoms with Crippen molar-refractivity contribution in [3.8, 4) is 11.4 Å². The van der Waals surface area contributed by atoms with E-state index in [1.165, 1.54) is 5.56 Å². The molecule has 23 heavy (non-hydrogen) atoms. The molecule has 0 saturated carbocycles. The summed E-state index contributed by atoms with van der Waals surface area (Å²) in [6.07, 6.45) is 0. The van der Waals surface area contributed by atoms with E-state index in [-0.39, 0.29) is 0 Å². The molecule has 5 nitrogen and oxygen atoms in total. The second-order valence-corrected chi connectivity index (χ2v) is 6.21. The topological polar surface area (TPSA) is 52.8 Å². The van der Waals surface area contributed by atoms with Gasteiger partial charge in [0.05, 0.1) is 12.8 Å². The lowest BCUT2D eigenvalue weighted by atomic mass is 10.1. The molecule has 0 atom stereocenters. The highest BCUT2D eigenvalue weighted by molar-refractivity contribution is 7.98. The lowest BCUT2D eigenvalue weighted by Crippen LogP contribution is -2.02. The van der Waals surface area contributed by atoms with Gasteiger partial charge in [0, 0.05) is 11.3 Å². The summed E-state index contributed by atoms with van der Waals surface area (Å²) in [4.78, 5) is 0. The minimum atomic E-state index is 0.745. The van der Waals surface area contributed by atoms with Gasteiger partial charge in [-0.3, -0.25) is 0 Å². The molecule has 6 heteroatoms. The Morgan fingerprint density at radius 3 is 2.74 bits per heavy atom. The summed E-state index contributed by atoms with van der Waals surface area (Å²) in [7, 11) is 1.68. The van der Waals surface area contributed by atoms with Crippen LogP contribution in [0.3, 0.4) is 0 Å². The number of hydrogen-bond acceptors (Lipinski definition) is 5. The summed E-state index contributed by atoms with van der Waals surface area (Å²) in [5.41, 5.74) is 4.50. The highest BCUT2D eigenvalue weighted by Gasteiger charge is 2.12. The Hall–Kier alpha value is -2.34. The summed E-state index contributed by atoms with van der Waals surface area (Å²) >= 11 is 1.59. The van der Waals surface area contributed by atoms with Gasteiger partial charge in [-0.2, -0.15) is 4.68 Å². The van der Waals surface area contributed by atoms with E-state index in [2.05, 4.69) is 47.6 Å². The molecular weight excluding hydrogens is 308 g/mol. The van der Waals surface area contributed by atoms with Crippen LogP contribution in [0, 0.1) is 13.8 Å². The molecule has 0 aliphatic rings. The van der Waals surface area contributed by atoms with Gasteiger partial charge < -0.3 is 4.74 Å². The number of aryl methyl sites for hydroxylation is 2. The Bertz CT molecular complexity index is 816. The standard InChI is InChI=1S/C17H18N4OS/c1-12-8-9-15(13(2)10-12)21-17(18-19-20-21)23-11-14-6-4-5-7-16(14)22-3/h4-10H,11H2,1-3H3. The Kier molecular flexibility index (Phi) is 4.62. The van der Waals surface area contributed by atoms with Gasteiger partial charge in [-0.1, -0.05) is 47.7 Å². The van der Waals surface area contributed by atoms with E-state index in [4.69, 9.17) is 4.74 Å². The zero-order chi connectivity index (χ0) is 16.2. The molecule has 0 saturated heterocycles. The maximum atomic E-state index is 5.39. The molecule has 0 spiro atoms. The summed E-state index contributed by atoms with van der Waals surface area (Å²) in [6, 6.07) is 14.2. The minimum Gasteiger partial charge on any atom is -0.496 e. The lowest BCUT2D eigenvalue weighted by molar-refractivity contribution is 0.411. The van der Waals surface area contributed by atoms with E-state index in [1.807, 2.05) is 24.3 Å². The monoisotopic (exact) mass is 326 g/mol. The van der Waals surface area contributed by atoms with Crippen LogP contribution in [-0.4, -0.2) is 27.3 Å². The largest absolute Gasteiger partial charge is 0.496 e. The molecule has 118 valence electrons. The Balaban J connectivity index is 1.84. The molecule has 2 aromatic carbocycles. The molecule has 1 aromatic heterocycles. The average Bonchev–Trinajstić information content (AvgIpc) is 3.01. The van der Waals surface area contributed by atoms with E-state index >= 15 is 0 Å². The van der Waals surface area contributed by atoms with Crippen molar-refractivity contribution in [3.05, 3.63) is 59.2 Å². The fourth-order valence-corrected chi connectivity index (χ4v) is 3.30. The zero-order valence-electron chi connectivity index (χ0n) is 13.4. The SMILES string of the molecule is COc1ccccc1CSc1nnnn1-c1ccc(C)cc1C. The molecule has 3 rings (SSSR count). The van der Waals surface area contributed by atoms with Crippen molar-refractivity contribution >= 4 is 11.8 Å². The normalized spacial score (nSPS) is 10.7. The number of ether oxygens (including phenoxy) is 1. The number of para-hydroxylation sites is 1. The third kappa shape index (κ3) is 3.37. The van der Waals surface area contributed by atoms with Crippen LogP contribution in [0.2, 0.25) is 0 Å². The Labute approximate surface area is 139 Å². The number of methoxy groups -OCH3 is 1. The number of tetrazole rings is 1. The summed E-state index contributed by atoms with van der Waals surface area (Å²) < 4.78 is 7.18. The van der Waals surface area contributed by atoms with Gasteiger partial charge in [0.1, 0.15) is 5.75 Å². The van der Waals surface area contributed by atoms with Crippen molar-refractivity contribution in [2.24, 2.45) is 0 Å². The Morgan fingerprint density at radius 1 is 1.13 bits per heavy atom. The van der Waals surface area contributed by atoms with Crippen LogP contribution in [0.5, 0.6) is 5.75 Å². The van der Waals surface area contributed by atoms with E-state index < -0.39 is 0 Å². The highest BCUT2D eigenvalue weighted by atomic mass is 32.2. The predicted molar refractivity (Wildman–Crippen MR) is 91.2 cm³/mol. The van der Waals surface area contributed by atoms with Crippen LogP contribution in [-0.2, 0) is 5.75 Å². The van der Waals surface area contributed by atoms with Gasteiger partial charge in [-0.15, -0.1) is 5.10 Å². The van der Waals surface area contributed by atoms with Crippen LogP contribution in [0.4, 0.5) is 0 Å². The summed E-state index contributed by atoms with van der Waals surface area (Å²) in [6.45, 7) is 4.15. The fourth-order valence-electron chi connectivity index (χ4n) is 2.43. The molecule has 0 amide bonds. The summed E-state index contributed by atoms with van der Waals surface area (Å²) in [5, 5.41) is 12.9. The number of nitrogens with zero attached hydrogens (tertiary/aromatic N) is 4. The average molecular weight is 326 g/mol. The van der Waals surface area contributed by atoms with Crippen molar-refractivity contribution in [1.82, 2.24) is 20.2 Å². The molecular formula is C17H18N4OS. The second kappa shape index (κ2) is 6.83. The smallest absolute Gasteiger partial charge is 0.214 e. The van der Waals surface area contributed by atoms with Crippen molar-refractivity contribution < 1.29 is 4.74 Å². The molecule has 0 unspecified atom stereocenters. The number of aromatic nitrogens is 4. The predicted octanol–water partition coefficient (Wildman–Crippen LogP) is 3.58. The van der Waals surface area contributed by atoms with Gasteiger partial charge in [0.15, 0.2) is 0 Å². The third-order valence-corrected chi connectivity index (χ3v) is 4.54. The van der Waals surface area contributed by atoms with Crippen LogP contribution in [0.15, 0.2) is 47.6 Å². The van der Waals surface area contributed by atoms with Crippen LogP contribution in [0.25, 0.3) is 5.69 Å². The quantitative estimate of drug-likeness (QED) is 0.671.